The number of nitrogens with zero attached hydrogens (tertiary/aromatic N) is 4. The van der Waals surface area contributed by atoms with Gasteiger partial charge in [0.05, 0.1) is 23.2 Å². The Morgan fingerprint density at radius 1 is 1.43 bits per heavy atom. The maximum atomic E-state index is 12.3. The summed E-state index contributed by atoms with van der Waals surface area (Å²) in [7, 11) is 0. The number of allylic oxidation sites excluding steroid dienone is 1. The summed E-state index contributed by atoms with van der Waals surface area (Å²) >= 11 is 1.60. The molecule has 3 rings (SSSR count). The lowest BCUT2D eigenvalue weighted by Gasteiger charge is -2.03. The van der Waals surface area contributed by atoms with E-state index in [9.17, 15) is 10.1 Å². The van der Waals surface area contributed by atoms with Gasteiger partial charge in [-0.1, -0.05) is 6.07 Å². The Kier molecular flexibility index (Phi) is 4.04. The number of ketones is 1. The van der Waals surface area contributed by atoms with Gasteiger partial charge in [-0.3, -0.25) is 14.2 Å². The first-order valence-corrected chi connectivity index (χ1v) is 7.89. The first-order valence-electron chi connectivity index (χ1n) is 7.07. The fourth-order valence-corrected chi connectivity index (χ4v) is 3.24. The van der Waals surface area contributed by atoms with Crippen LogP contribution in [0.25, 0.3) is 11.0 Å². The van der Waals surface area contributed by atoms with Crippen LogP contribution < -0.4 is 0 Å². The van der Waals surface area contributed by atoms with Crippen molar-refractivity contribution in [1.82, 2.24) is 14.4 Å². The number of imidazole rings is 1. The van der Waals surface area contributed by atoms with Crippen molar-refractivity contribution in [3.8, 4) is 6.07 Å². The van der Waals surface area contributed by atoms with Crippen molar-refractivity contribution in [2.75, 3.05) is 0 Å². The van der Waals surface area contributed by atoms with Crippen LogP contribution in [0.4, 0.5) is 0 Å². The zero-order chi connectivity index (χ0) is 16.4. The number of aromatic nitrogens is 3. The normalized spacial score (nSPS) is 12.6. The van der Waals surface area contributed by atoms with Gasteiger partial charge in [0, 0.05) is 17.3 Å². The van der Waals surface area contributed by atoms with Crippen LogP contribution >= 0.6 is 11.3 Å². The highest BCUT2D eigenvalue weighted by molar-refractivity contribution is 7.17. The molecule has 0 aliphatic rings. The molecule has 6 heteroatoms. The third kappa shape index (κ3) is 2.91. The molecule has 5 nitrogen and oxygen atoms in total. The van der Waals surface area contributed by atoms with Gasteiger partial charge < -0.3 is 0 Å². The predicted molar refractivity (Wildman–Crippen MR) is 89.2 cm³/mol. The molecule has 0 amide bonds. The molecule has 3 aromatic heterocycles. The van der Waals surface area contributed by atoms with Crippen LogP contribution in [0.2, 0.25) is 0 Å². The third-order valence-electron chi connectivity index (χ3n) is 3.47. The van der Waals surface area contributed by atoms with Crippen molar-refractivity contribution >= 4 is 28.2 Å². The van der Waals surface area contributed by atoms with Crippen LogP contribution in [-0.4, -0.2) is 20.2 Å². The van der Waals surface area contributed by atoms with E-state index in [2.05, 4.69) is 9.97 Å². The summed E-state index contributed by atoms with van der Waals surface area (Å²) in [5.41, 5.74) is 2.17. The Hall–Kier alpha value is -2.78. The molecule has 0 N–H and O–H groups in total. The number of hydrogen-bond donors (Lipinski definition) is 0. The molecule has 3 heterocycles. The molecule has 1 atom stereocenters. The molecular formula is C17H14N4OS. The zero-order valence-electron chi connectivity index (χ0n) is 12.7. The van der Waals surface area contributed by atoms with Gasteiger partial charge in [-0.15, -0.1) is 11.3 Å². The summed E-state index contributed by atoms with van der Waals surface area (Å²) in [6.07, 6.45) is 6.73. The lowest BCUT2D eigenvalue weighted by Crippen LogP contribution is -2.09. The van der Waals surface area contributed by atoms with Crippen molar-refractivity contribution in [2.45, 2.75) is 19.8 Å². The van der Waals surface area contributed by atoms with Gasteiger partial charge in [0.2, 0.25) is 0 Å². The van der Waals surface area contributed by atoms with E-state index in [4.69, 9.17) is 0 Å². The molecule has 0 fully saturated rings. The molecule has 0 radical (unpaired) electrons. The average Bonchev–Trinajstić information content (AvgIpc) is 3.02. The number of fused-ring (bicyclic) bond motifs is 1. The first kappa shape index (κ1) is 15.1. The Morgan fingerprint density at radius 2 is 2.26 bits per heavy atom. The van der Waals surface area contributed by atoms with Crippen LogP contribution in [-0.2, 0) is 4.79 Å². The number of hydrogen-bond acceptors (Lipinski definition) is 5. The molecule has 0 aliphatic carbocycles. The number of pyridine rings is 1. The Balaban J connectivity index is 1.90. The number of carbonyl (C=O) groups is 1. The summed E-state index contributed by atoms with van der Waals surface area (Å²) in [6.45, 7) is 3.92. The molecular weight excluding hydrogens is 308 g/mol. The number of carbonyl (C=O) groups excluding carboxylic acids is 1. The summed E-state index contributed by atoms with van der Waals surface area (Å²) in [5.74, 6) is -1.17. The highest BCUT2D eigenvalue weighted by Crippen LogP contribution is 2.22. The van der Waals surface area contributed by atoms with Crippen LogP contribution in [0.3, 0.4) is 0 Å². The van der Waals surface area contributed by atoms with E-state index in [0.29, 0.717) is 5.69 Å². The average molecular weight is 322 g/mol. The zero-order valence-corrected chi connectivity index (χ0v) is 13.5. The maximum Gasteiger partial charge on any atom is 0.194 e. The second kappa shape index (κ2) is 6.15. The van der Waals surface area contributed by atoms with Crippen molar-refractivity contribution in [1.29, 1.82) is 5.26 Å². The van der Waals surface area contributed by atoms with E-state index in [1.807, 2.05) is 30.5 Å². The van der Waals surface area contributed by atoms with E-state index < -0.39 is 5.92 Å². The van der Waals surface area contributed by atoms with Gasteiger partial charge in [0.25, 0.3) is 0 Å². The van der Waals surface area contributed by atoms with Gasteiger partial charge in [0.1, 0.15) is 0 Å². The topological polar surface area (TPSA) is 71.0 Å². The summed E-state index contributed by atoms with van der Waals surface area (Å²) in [4.78, 5) is 23.0. The van der Waals surface area contributed by atoms with E-state index in [-0.39, 0.29) is 5.78 Å². The fourth-order valence-electron chi connectivity index (χ4n) is 2.36. The molecule has 0 saturated carbocycles. The van der Waals surface area contributed by atoms with E-state index in [1.54, 1.807) is 41.8 Å². The largest absolute Gasteiger partial charge is 0.293 e. The minimum Gasteiger partial charge on any atom is -0.293 e. The lowest BCUT2D eigenvalue weighted by molar-refractivity contribution is -0.114. The smallest absolute Gasteiger partial charge is 0.194 e. The second-order valence-corrected chi connectivity index (χ2v) is 6.34. The molecule has 114 valence electrons. The number of thiazole rings is 1. The maximum absolute atomic E-state index is 12.3. The highest BCUT2D eigenvalue weighted by atomic mass is 32.1. The number of rotatable bonds is 4. The fraction of sp³-hybridized carbons (Fsp3) is 0.176. The minimum absolute atomic E-state index is 0.285. The standard InChI is InChI=1S/C17H14N4OS/c1-11-10-21-15(12(2)20-17(21)23-11)6-7-16(22)13(9-18)14-5-3-4-8-19-14/h3-8,10,13H,1-2H3. The first-order chi connectivity index (χ1) is 11.1. The quantitative estimate of drug-likeness (QED) is 0.691. The van der Waals surface area contributed by atoms with Crippen molar-refractivity contribution < 1.29 is 4.79 Å². The molecule has 0 bridgehead atoms. The summed E-state index contributed by atoms with van der Waals surface area (Å²) in [5, 5.41) is 9.28. The van der Waals surface area contributed by atoms with E-state index in [0.717, 1.165) is 21.2 Å². The molecule has 0 saturated heterocycles. The monoisotopic (exact) mass is 322 g/mol. The summed E-state index contributed by atoms with van der Waals surface area (Å²) in [6, 6.07) is 7.22. The Labute approximate surface area is 137 Å². The minimum atomic E-state index is -0.889. The Bertz CT molecular complexity index is 931. The third-order valence-corrected chi connectivity index (χ3v) is 4.36. The molecule has 0 aliphatic heterocycles. The molecule has 0 spiro atoms. The summed E-state index contributed by atoms with van der Waals surface area (Å²) < 4.78 is 1.96. The predicted octanol–water partition coefficient (Wildman–Crippen LogP) is 3.30. The molecule has 1 unspecified atom stereocenters. The van der Waals surface area contributed by atoms with Gasteiger partial charge in [-0.2, -0.15) is 5.26 Å². The van der Waals surface area contributed by atoms with Crippen LogP contribution in [0, 0.1) is 25.2 Å². The van der Waals surface area contributed by atoms with E-state index in [1.165, 1.54) is 6.08 Å². The van der Waals surface area contributed by atoms with Crippen LogP contribution in [0.15, 0.2) is 36.7 Å². The van der Waals surface area contributed by atoms with Crippen molar-refractivity contribution in [2.24, 2.45) is 0 Å². The second-order valence-electron chi connectivity index (χ2n) is 5.13. The molecule has 23 heavy (non-hydrogen) atoms. The molecule has 3 aromatic rings. The van der Waals surface area contributed by atoms with Crippen LogP contribution in [0.5, 0.6) is 0 Å². The van der Waals surface area contributed by atoms with Crippen molar-refractivity contribution in [3.05, 3.63) is 58.6 Å². The van der Waals surface area contributed by atoms with Gasteiger partial charge in [-0.25, -0.2) is 4.98 Å². The SMILES string of the molecule is Cc1cn2c(C=CC(=O)C(C#N)c3ccccn3)c(C)nc2s1. The van der Waals surface area contributed by atoms with Gasteiger partial charge in [0.15, 0.2) is 16.7 Å². The van der Waals surface area contributed by atoms with E-state index >= 15 is 0 Å². The lowest BCUT2D eigenvalue weighted by atomic mass is 10.0. The van der Waals surface area contributed by atoms with Crippen molar-refractivity contribution in [3.63, 3.8) is 0 Å². The Morgan fingerprint density at radius 3 is 2.96 bits per heavy atom. The van der Waals surface area contributed by atoms with Gasteiger partial charge in [-0.05, 0) is 38.1 Å². The highest BCUT2D eigenvalue weighted by Gasteiger charge is 2.19. The van der Waals surface area contributed by atoms with Gasteiger partial charge >= 0.3 is 0 Å². The number of aryl methyl sites for hydroxylation is 2. The van der Waals surface area contributed by atoms with Crippen LogP contribution in [0.1, 0.15) is 27.9 Å². The number of nitriles is 1. The molecule has 0 aromatic carbocycles.